The maximum absolute atomic E-state index is 13.5. The van der Waals surface area contributed by atoms with E-state index in [0.717, 1.165) is 0 Å². The number of anilines is 1. The van der Waals surface area contributed by atoms with Gasteiger partial charge < -0.3 is 24.5 Å². The fourth-order valence-electron chi connectivity index (χ4n) is 3.26. The summed E-state index contributed by atoms with van der Waals surface area (Å²) in [4.78, 5) is 34.7. The van der Waals surface area contributed by atoms with Crippen LogP contribution < -0.4 is 20.9 Å². The van der Waals surface area contributed by atoms with E-state index in [-0.39, 0.29) is 42.7 Å². The molecule has 1 unspecified atom stereocenters. The van der Waals surface area contributed by atoms with Crippen molar-refractivity contribution in [2.45, 2.75) is 25.5 Å². The number of benzene rings is 1. The fourth-order valence-corrected chi connectivity index (χ4v) is 4.73. The van der Waals surface area contributed by atoms with Crippen molar-refractivity contribution in [1.82, 2.24) is 24.6 Å². The number of aromatic nitrogens is 4. The number of aromatic amines is 1. The van der Waals surface area contributed by atoms with E-state index in [1.807, 2.05) is 0 Å². The minimum Gasteiger partial charge on any atom is -0.460 e. The van der Waals surface area contributed by atoms with Crippen LogP contribution in [-0.4, -0.2) is 57.6 Å². The highest BCUT2D eigenvalue weighted by Crippen LogP contribution is 2.45. The number of hydrogen-bond donors (Lipinski definition) is 3. The molecular formula is C21H25N6O8P. The topological polar surface area (TPSA) is 182 Å². The normalized spacial score (nSPS) is 20.0. The number of nitrogens with zero attached hydrogens (tertiary/aromatic N) is 3. The Kier molecular flexibility index (Phi) is 7.82. The standard InChI is InChI=1S/C21H25N6O8P/c1-3-9-31-20(29)13(2)26-36(30,35-14-7-5-4-6-8-14)33-11-16-32-10-15(34-16)27-12-23-17-18(27)24-21(22)25-19(17)28/h3-8,12-13,15-16H,1,9-11H2,2H3,(H,26,30)(H3,22,24,25,28)/t13-,15+,16+,36?/m0/s1. The molecule has 192 valence electrons. The molecule has 2 aromatic heterocycles. The van der Waals surface area contributed by atoms with Crippen LogP contribution in [0.25, 0.3) is 11.2 Å². The van der Waals surface area contributed by atoms with Crippen molar-refractivity contribution >= 4 is 30.8 Å². The zero-order valence-electron chi connectivity index (χ0n) is 19.2. The molecule has 0 bridgehead atoms. The average Bonchev–Trinajstić information content (AvgIpc) is 3.49. The SMILES string of the molecule is C=CCOC(=O)[C@H](C)NP(=O)(OC[C@@H]1OC[C@H](n2cnc3c(=O)[nH]c(N)nc32)O1)Oc1ccccc1. The molecule has 0 saturated carbocycles. The number of hydrogen-bond acceptors (Lipinski definition) is 11. The van der Waals surface area contributed by atoms with Gasteiger partial charge in [0, 0.05) is 0 Å². The van der Waals surface area contributed by atoms with Gasteiger partial charge in [0.05, 0.1) is 12.9 Å². The maximum Gasteiger partial charge on any atom is 0.459 e. The number of para-hydroxylation sites is 1. The molecule has 1 saturated heterocycles. The van der Waals surface area contributed by atoms with Crippen LogP contribution in [0.4, 0.5) is 5.95 Å². The summed E-state index contributed by atoms with van der Waals surface area (Å²) < 4.78 is 42.6. The van der Waals surface area contributed by atoms with Gasteiger partial charge in [-0.15, -0.1) is 0 Å². The van der Waals surface area contributed by atoms with Crippen molar-refractivity contribution in [3.05, 3.63) is 59.7 Å². The minimum absolute atomic E-state index is 0.00396. The van der Waals surface area contributed by atoms with E-state index in [9.17, 15) is 14.2 Å². The second-order valence-electron chi connectivity index (χ2n) is 7.60. The third-order valence-electron chi connectivity index (χ3n) is 4.89. The second-order valence-corrected chi connectivity index (χ2v) is 9.29. The van der Waals surface area contributed by atoms with Crippen LogP contribution in [0.5, 0.6) is 5.75 Å². The first-order chi connectivity index (χ1) is 17.3. The van der Waals surface area contributed by atoms with Crippen molar-refractivity contribution in [3.8, 4) is 5.75 Å². The van der Waals surface area contributed by atoms with Gasteiger partial charge in [-0.05, 0) is 19.1 Å². The third kappa shape index (κ3) is 5.98. The van der Waals surface area contributed by atoms with Crippen molar-refractivity contribution in [2.75, 3.05) is 25.6 Å². The number of ether oxygens (including phenoxy) is 3. The molecule has 1 aliphatic heterocycles. The van der Waals surface area contributed by atoms with E-state index in [1.54, 1.807) is 30.3 Å². The number of carbonyl (C=O) groups is 1. The molecule has 14 nitrogen and oxygen atoms in total. The predicted octanol–water partition coefficient (Wildman–Crippen LogP) is 1.48. The Hall–Kier alpha value is -3.55. The van der Waals surface area contributed by atoms with E-state index in [0.29, 0.717) is 0 Å². The van der Waals surface area contributed by atoms with E-state index < -0.39 is 37.8 Å². The molecule has 1 aliphatic rings. The largest absolute Gasteiger partial charge is 0.460 e. The van der Waals surface area contributed by atoms with Gasteiger partial charge in [-0.3, -0.25) is 23.7 Å². The molecule has 1 fully saturated rings. The maximum atomic E-state index is 13.5. The lowest BCUT2D eigenvalue weighted by Crippen LogP contribution is -2.35. The Morgan fingerprint density at radius 3 is 2.97 bits per heavy atom. The predicted molar refractivity (Wildman–Crippen MR) is 127 cm³/mol. The number of esters is 1. The lowest BCUT2D eigenvalue weighted by atomic mass is 10.3. The highest BCUT2D eigenvalue weighted by atomic mass is 31.2. The van der Waals surface area contributed by atoms with Gasteiger partial charge in [-0.1, -0.05) is 30.9 Å². The van der Waals surface area contributed by atoms with Crippen LogP contribution in [0.2, 0.25) is 0 Å². The van der Waals surface area contributed by atoms with Gasteiger partial charge in [0.1, 0.15) is 25.0 Å². The summed E-state index contributed by atoms with van der Waals surface area (Å²) >= 11 is 0. The zero-order valence-corrected chi connectivity index (χ0v) is 20.1. The van der Waals surface area contributed by atoms with Crippen molar-refractivity contribution in [1.29, 1.82) is 0 Å². The number of nitrogen functional groups attached to an aromatic ring is 1. The number of fused-ring (bicyclic) bond motifs is 1. The molecule has 0 amide bonds. The summed E-state index contributed by atoms with van der Waals surface area (Å²) in [5, 5.41) is 2.56. The minimum atomic E-state index is -4.10. The molecule has 4 N–H and O–H groups in total. The van der Waals surface area contributed by atoms with Crippen LogP contribution >= 0.6 is 7.75 Å². The van der Waals surface area contributed by atoms with Gasteiger partial charge in [0.15, 0.2) is 23.7 Å². The molecule has 0 radical (unpaired) electrons. The summed E-state index contributed by atoms with van der Waals surface area (Å²) in [5.74, 6) is -0.485. The van der Waals surface area contributed by atoms with E-state index in [2.05, 4.69) is 26.6 Å². The Morgan fingerprint density at radius 1 is 1.44 bits per heavy atom. The molecule has 3 aromatic rings. The number of carbonyl (C=O) groups excluding carboxylic acids is 1. The molecule has 3 heterocycles. The Balaban J connectivity index is 1.44. The van der Waals surface area contributed by atoms with Crippen LogP contribution in [0, 0.1) is 0 Å². The number of rotatable bonds is 11. The van der Waals surface area contributed by atoms with Crippen molar-refractivity contribution < 1.29 is 32.6 Å². The number of imidazole rings is 1. The zero-order chi connectivity index (χ0) is 25.7. The van der Waals surface area contributed by atoms with Crippen LogP contribution in [0.3, 0.4) is 0 Å². The van der Waals surface area contributed by atoms with E-state index in [1.165, 1.54) is 23.9 Å². The van der Waals surface area contributed by atoms with Gasteiger partial charge >= 0.3 is 13.7 Å². The first-order valence-corrected chi connectivity index (χ1v) is 12.4. The summed E-state index contributed by atoms with van der Waals surface area (Å²) in [7, 11) is -4.10. The monoisotopic (exact) mass is 520 g/mol. The third-order valence-corrected chi connectivity index (χ3v) is 6.54. The average molecular weight is 520 g/mol. The van der Waals surface area contributed by atoms with Gasteiger partial charge in [-0.2, -0.15) is 10.1 Å². The number of H-pyrrole nitrogens is 1. The van der Waals surface area contributed by atoms with Crippen LogP contribution in [-0.2, 0) is 28.1 Å². The molecule has 0 aliphatic carbocycles. The number of nitrogens with two attached hydrogens (primary N) is 1. The summed E-state index contributed by atoms with van der Waals surface area (Å²) in [6.07, 6.45) is 1.14. The lowest BCUT2D eigenvalue weighted by Gasteiger charge is -2.23. The quantitative estimate of drug-likeness (QED) is 0.188. The Bertz CT molecular complexity index is 1330. The Morgan fingerprint density at radius 2 is 2.22 bits per heavy atom. The Labute approximate surface area is 205 Å². The fraction of sp³-hybridized carbons (Fsp3) is 0.333. The molecule has 0 spiro atoms. The highest BCUT2D eigenvalue weighted by molar-refractivity contribution is 7.52. The first kappa shape index (κ1) is 25.5. The molecule has 15 heteroatoms. The molecule has 4 atom stereocenters. The van der Waals surface area contributed by atoms with Crippen molar-refractivity contribution in [3.63, 3.8) is 0 Å². The highest BCUT2D eigenvalue weighted by Gasteiger charge is 2.36. The molecule has 4 rings (SSSR count). The number of nitrogens with one attached hydrogen (secondary N) is 2. The molecule has 36 heavy (non-hydrogen) atoms. The molecular weight excluding hydrogens is 495 g/mol. The summed E-state index contributed by atoms with van der Waals surface area (Å²) in [6, 6.07) is 7.29. The van der Waals surface area contributed by atoms with E-state index >= 15 is 0 Å². The van der Waals surface area contributed by atoms with Gasteiger partial charge in [0.25, 0.3) is 5.56 Å². The molecule has 1 aromatic carbocycles. The smallest absolute Gasteiger partial charge is 0.459 e. The van der Waals surface area contributed by atoms with Gasteiger partial charge in [-0.25, -0.2) is 9.55 Å². The van der Waals surface area contributed by atoms with Gasteiger partial charge in [0.2, 0.25) is 5.95 Å². The van der Waals surface area contributed by atoms with Crippen LogP contribution in [0.1, 0.15) is 13.2 Å². The van der Waals surface area contributed by atoms with Crippen LogP contribution in [0.15, 0.2) is 54.1 Å². The summed E-state index contributed by atoms with van der Waals surface area (Å²) in [5.41, 5.74) is 5.46. The lowest BCUT2D eigenvalue weighted by molar-refractivity contribution is -0.144. The van der Waals surface area contributed by atoms with E-state index in [4.69, 9.17) is 29.0 Å². The van der Waals surface area contributed by atoms with Crippen molar-refractivity contribution in [2.24, 2.45) is 0 Å². The summed E-state index contributed by atoms with van der Waals surface area (Å²) in [6.45, 7) is 4.69. The second kappa shape index (κ2) is 11.0. The first-order valence-electron chi connectivity index (χ1n) is 10.8.